The summed E-state index contributed by atoms with van der Waals surface area (Å²) in [7, 11) is 0. The standard InChI is InChI=1S/C16H16O3/c1-10(2)11-6-8-12(9-7-11)13-4-3-5-14(15(13)17)16(18)19/h3-10,17H,1-2H3,(H,18,19). The average Bonchev–Trinajstić information content (AvgIpc) is 2.38. The van der Waals surface area contributed by atoms with E-state index in [1.165, 1.54) is 11.6 Å². The van der Waals surface area contributed by atoms with Crippen molar-refractivity contribution in [3.05, 3.63) is 53.6 Å². The number of carboxylic acid groups (broad SMARTS) is 1. The van der Waals surface area contributed by atoms with Crippen LogP contribution in [0.4, 0.5) is 0 Å². The van der Waals surface area contributed by atoms with E-state index in [0.717, 1.165) is 5.56 Å². The molecule has 0 aliphatic carbocycles. The summed E-state index contributed by atoms with van der Waals surface area (Å²) in [5.41, 5.74) is 2.48. The molecule has 3 heteroatoms. The molecule has 2 N–H and O–H groups in total. The van der Waals surface area contributed by atoms with Crippen molar-refractivity contribution >= 4 is 5.97 Å². The van der Waals surface area contributed by atoms with Crippen molar-refractivity contribution in [3.63, 3.8) is 0 Å². The zero-order valence-electron chi connectivity index (χ0n) is 10.9. The third kappa shape index (κ3) is 2.60. The summed E-state index contributed by atoms with van der Waals surface area (Å²) in [6.07, 6.45) is 0. The molecule has 2 rings (SSSR count). The van der Waals surface area contributed by atoms with E-state index in [2.05, 4.69) is 13.8 Å². The van der Waals surface area contributed by atoms with Gasteiger partial charge < -0.3 is 10.2 Å². The van der Waals surface area contributed by atoms with Gasteiger partial charge in [0.25, 0.3) is 0 Å². The number of phenols is 1. The van der Waals surface area contributed by atoms with E-state index >= 15 is 0 Å². The Morgan fingerprint density at radius 2 is 1.68 bits per heavy atom. The second kappa shape index (κ2) is 5.14. The molecule has 0 heterocycles. The summed E-state index contributed by atoms with van der Waals surface area (Å²) in [6, 6.07) is 12.5. The van der Waals surface area contributed by atoms with Gasteiger partial charge in [-0.1, -0.05) is 50.2 Å². The molecule has 0 atom stereocenters. The predicted octanol–water partition coefficient (Wildman–Crippen LogP) is 3.88. The van der Waals surface area contributed by atoms with Gasteiger partial charge in [0.2, 0.25) is 0 Å². The fraction of sp³-hybridized carbons (Fsp3) is 0.188. The van der Waals surface area contributed by atoms with Gasteiger partial charge in [-0.25, -0.2) is 4.79 Å². The van der Waals surface area contributed by atoms with Crippen LogP contribution in [0, 0.1) is 0 Å². The Hall–Kier alpha value is -2.29. The lowest BCUT2D eigenvalue weighted by molar-refractivity contribution is 0.0694. The second-order valence-corrected chi connectivity index (χ2v) is 4.78. The Bertz CT molecular complexity index is 598. The molecular weight excluding hydrogens is 240 g/mol. The van der Waals surface area contributed by atoms with Gasteiger partial charge >= 0.3 is 5.97 Å². The first-order valence-electron chi connectivity index (χ1n) is 6.16. The third-order valence-corrected chi connectivity index (χ3v) is 3.15. The monoisotopic (exact) mass is 256 g/mol. The Morgan fingerprint density at radius 3 is 2.21 bits per heavy atom. The molecule has 0 aliphatic heterocycles. The lowest BCUT2D eigenvalue weighted by Gasteiger charge is -2.09. The van der Waals surface area contributed by atoms with E-state index < -0.39 is 5.97 Å². The summed E-state index contributed by atoms with van der Waals surface area (Å²) in [6.45, 7) is 4.22. The van der Waals surface area contributed by atoms with Crippen LogP contribution >= 0.6 is 0 Å². The molecule has 0 spiro atoms. The predicted molar refractivity (Wildman–Crippen MR) is 74.6 cm³/mol. The fourth-order valence-electron chi connectivity index (χ4n) is 2.00. The summed E-state index contributed by atoms with van der Waals surface area (Å²) in [5.74, 6) is -0.876. The molecule has 2 aromatic rings. The highest BCUT2D eigenvalue weighted by Gasteiger charge is 2.14. The fourth-order valence-corrected chi connectivity index (χ4v) is 2.00. The Morgan fingerprint density at radius 1 is 1.05 bits per heavy atom. The SMILES string of the molecule is CC(C)c1ccc(-c2cccc(C(=O)O)c2O)cc1. The van der Waals surface area contributed by atoms with E-state index in [0.29, 0.717) is 11.5 Å². The van der Waals surface area contributed by atoms with Crippen LogP contribution < -0.4 is 0 Å². The Kier molecular flexibility index (Phi) is 3.56. The normalized spacial score (nSPS) is 10.7. The summed E-state index contributed by atoms with van der Waals surface area (Å²) >= 11 is 0. The first-order chi connectivity index (χ1) is 9.00. The van der Waals surface area contributed by atoms with E-state index in [-0.39, 0.29) is 11.3 Å². The van der Waals surface area contributed by atoms with Crippen LogP contribution in [0.5, 0.6) is 5.75 Å². The van der Waals surface area contributed by atoms with Crippen molar-refractivity contribution in [2.45, 2.75) is 19.8 Å². The first kappa shape index (κ1) is 13.1. The number of benzene rings is 2. The van der Waals surface area contributed by atoms with Crippen LogP contribution in [0.1, 0.15) is 35.7 Å². The average molecular weight is 256 g/mol. The van der Waals surface area contributed by atoms with E-state index in [9.17, 15) is 9.90 Å². The summed E-state index contributed by atoms with van der Waals surface area (Å²) in [4.78, 5) is 11.0. The smallest absolute Gasteiger partial charge is 0.339 e. The lowest BCUT2D eigenvalue weighted by atomic mass is 9.97. The number of aromatic hydroxyl groups is 1. The second-order valence-electron chi connectivity index (χ2n) is 4.78. The van der Waals surface area contributed by atoms with Crippen molar-refractivity contribution in [1.82, 2.24) is 0 Å². The van der Waals surface area contributed by atoms with Gasteiger partial charge in [0.05, 0.1) is 0 Å². The molecule has 0 aliphatic rings. The molecule has 0 radical (unpaired) electrons. The number of carbonyl (C=O) groups is 1. The maximum absolute atomic E-state index is 11.0. The molecule has 0 bridgehead atoms. The van der Waals surface area contributed by atoms with E-state index in [1.54, 1.807) is 12.1 Å². The van der Waals surface area contributed by atoms with Crippen LogP contribution in [0.3, 0.4) is 0 Å². The minimum Gasteiger partial charge on any atom is -0.506 e. The maximum Gasteiger partial charge on any atom is 0.339 e. The first-order valence-corrected chi connectivity index (χ1v) is 6.16. The Balaban J connectivity index is 2.47. The highest BCUT2D eigenvalue weighted by atomic mass is 16.4. The largest absolute Gasteiger partial charge is 0.506 e. The number of rotatable bonds is 3. The van der Waals surface area contributed by atoms with Crippen LogP contribution in [-0.2, 0) is 0 Å². The molecule has 2 aromatic carbocycles. The minimum absolute atomic E-state index is 0.0783. The van der Waals surface area contributed by atoms with Crippen LogP contribution in [0.25, 0.3) is 11.1 Å². The van der Waals surface area contributed by atoms with Crippen molar-refractivity contribution in [2.75, 3.05) is 0 Å². The van der Waals surface area contributed by atoms with Gasteiger partial charge in [-0.15, -0.1) is 0 Å². The highest BCUT2D eigenvalue weighted by molar-refractivity contribution is 5.94. The zero-order valence-corrected chi connectivity index (χ0v) is 10.9. The molecule has 3 nitrogen and oxygen atoms in total. The molecule has 0 saturated heterocycles. The van der Waals surface area contributed by atoms with Gasteiger partial charge in [0.15, 0.2) is 0 Å². The van der Waals surface area contributed by atoms with Gasteiger partial charge in [-0.05, 0) is 23.1 Å². The van der Waals surface area contributed by atoms with Crippen LogP contribution in [0.15, 0.2) is 42.5 Å². The van der Waals surface area contributed by atoms with Gasteiger partial charge in [-0.3, -0.25) is 0 Å². The lowest BCUT2D eigenvalue weighted by Crippen LogP contribution is -1.97. The maximum atomic E-state index is 11.0. The topological polar surface area (TPSA) is 57.5 Å². The third-order valence-electron chi connectivity index (χ3n) is 3.15. The molecule has 98 valence electrons. The Labute approximate surface area is 112 Å². The zero-order chi connectivity index (χ0) is 14.0. The molecule has 0 saturated carbocycles. The quantitative estimate of drug-likeness (QED) is 0.876. The molecule has 0 fully saturated rings. The molecule has 19 heavy (non-hydrogen) atoms. The van der Waals surface area contributed by atoms with Crippen LogP contribution in [0.2, 0.25) is 0 Å². The molecule has 0 aromatic heterocycles. The summed E-state index contributed by atoms with van der Waals surface area (Å²) in [5, 5.41) is 19.0. The minimum atomic E-state index is -1.13. The summed E-state index contributed by atoms with van der Waals surface area (Å²) < 4.78 is 0. The number of aromatic carboxylic acids is 1. The van der Waals surface area contributed by atoms with Crippen molar-refractivity contribution in [2.24, 2.45) is 0 Å². The molecular formula is C16H16O3. The van der Waals surface area contributed by atoms with Crippen LogP contribution in [-0.4, -0.2) is 16.2 Å². The molecule has 0 amide bonds. The number of para-hydroxylation sites is 1. The van der Waals surface area contributed by atoms with Gasteiger partial charge in [0.1, 0.15) is 11.3 Å². The van der Waals surface area contributed by atoms with E-state index in [1.807, 2.05) is 24.3 Å². The molecule has 0 unspecified atom stereocenters. The number of hydrogen-bond donors (Lipinski definition) is 2. The van der Waals surface area contributed by atoms with Gasteiger partial charge in [-0.2, -0.15) is 0 Å². The van der Waals surface area contributed by atoms with E-state index in [4.69, 9.17) is 5.11 Å². The van der Waals surface area contributed by atoms with Gasteiger partial charge in [0, 0.05) is 5.56 Å². The highest BCUT2D eigenvalue weighted by Crippen LogP contribution is 2.32. The number of carboxylic acids is 1. The van der Waals surface area contributed by atoms with Crippen molar-refractivity contribution < 1.29 is 15.0 Å². The number of hydrogen-bond acceptors (Lipinski definition) is 2. The van der Waals surface area contributed by atoms with Crippen molar-refractivity contribution in [1.29, 1.82) is 0 Å². The van der Waals surface area contributed by atoms with Crippen molar-refractivity contribution in [3.8, 4) is 16.9 Å².